The van der Waals surface area contributed by atoms with Gasteiger partial charge in [-0.2, -0.15) is 4.98 Å². The highest BCUT2D eigenvalue weighted by atomic mass is 32.7. The maximum atomic E-state index is 15.8. The van der Waals surface area contributed by atoms with E-state index in [2.05, 4.69) is 54.5 Å². The van der Waals surface area contributed by atoms with Gasteiger partial charge in [0.2, 0.25) is 5.95 Å². The second kappa shape index (κ2) is 11.3. The number of ether oxygens (including phenoxy) is 1. The van der Waals surface area contributed by atoms with Gasteiger partial charge < -0.3 is 16.2 Å². The zero-order valence-electron chi connectivity index (χ0n) is 20.9. The van der Waals surface area contributed by atoms with Crippen LogP contribution in [0.5, 0.6) is 0 Å². The van der Waals surface area contributed by atoms with Crippen molar-refractivity contribution in [1.29, 1.82) is 0 Å². The number of nitrogen functional groups attached to an aromatic ring is 2. The lowest BCUT2D eigenvalue weighted by Crippen LogP contribution is -2.31. The van der Waals surface area contributed by atoms with Crippen LogP contribution >= 0.6 is 49.4 Å². The Bertz CT molecular complexity index is 1800. The predicted molar refractivity (Wildman–Crippen MR) is 152 cm³/mol. The van der Waals surface area contributed by atoms with Crippen molar-refractivity contribution in [2.24, 2.45) is 0 Å². The Balaban J connectivity index is 1.35. The Labute approximate surface area is 248 Å². The van der Waals surface area contributed by atoms with Crippen LogP contribution in [0.2, 0.25) is 0 Å². The number of rotatable bonds is 2. The number of fused-ring (bicyclic) bond motifs is 4. The molecule has 42 heavy (non-hydrogen) atoms. The number of thiazole rings is 1. The highest BCUT2D eigenvalue weighted by Gasteiger charge is 2.51. The smallest absolute Gasteiger partial charge is 0.375 e. The highest BCUT2D eigenvalue weighted by Crippen LogP contribution is 2.58. The third kappa shape index (κ3) is 6.01. The minimum atomic E-state index is -4.34. The van der Waals surface area contributed by atoms with Crippen LogP contribution in [0.3, 0.4) is 0 Å². The van der Waals surface area contributed by atoms with Crippen LogP contribution in [0, 0.1) is 0 Å². The number of aromatic amines is 1. The Morgan fingerprint density at radius 2 is 1.95 bits per heavy atom. The molecule has 0 amide bonds. The summed E-state index contributed by atoms with van der Waals surface area (Å²) in [5, 5.41) is 4.66. The average Bonchev–Trinajstić information content (AvgIpc) is 3.68. The van der Waals surface area contributed by atoms with Crippen molar-refractivity contribution in [1.82, 2.24) is 39.3 Å². The van der Waals surface area contributed by atoms with Crippen LogP contribution in [0.4, 0.5) is 15.5 Å². The molecule has 0 spiro atoms. The lowest BCUT2D eigenvalue weighted by Gasteiger charge is -2.23. The molecule has 24 heteroatoms. The molecule has 226 valence electrons. The molecule has 18 nitrogen and oxygen atoms in total. The van der Waals surface area contributed by atoms with Gasteiger partial charge in [0.15, 0.2) is 40.3 Å². The van der Waals surface area contributed by atoms with Crippen molar-refractivity contribution in [3.8, 4) is 10.7 Å². The lowest BCUT2D eigenvalue weighted by atomic mass is 10.1. The first-order valence-corrected chi connectivity index (χ1v) is 18.0. The first-order chi connectivity index (χ1) is 19.9. The molecular formula is C18H21FN10O8P2S3. The van der Waals surface area contributed by atoms with E-state index in [0.29, 0.717) is 10.0 Å². The van der Waals surface area contributed by atoms with Gasteiger partial charge in [-0.1, -0.05) is 35.8 Å². The van der Waals surface area contributed by atoms with Crippen molar-refractivity contribution in [2.45, 2.75) is 37.8 Å². The SMILES string of the molecule is Nc1nc2c(ncn2[C@@H]2O[C@@H]3COP(=O)(S)OCCn4nc(-c5cnc(N)s5)nc4COP(=O)(S)O[C@@H]2[C@@H]3F)c(=O)[nH]1. The molecule has 0 aromatic carbocycles. The number of hydrogen-bond acceptors (Lipinski definition) is 16. The highest BCUT2D eigenvalue weighted by molar-refractivity contribution is 8.44. The lowest BCUT2D eigenvalue weighted by molar-refractivity contribution is -0.0444. The van der Waals surface area contributed by atoms with Gasteiger partial charge in [0.25, 0.3) is 5.56 Å². The Morgan fingerprint density at radius 1 is 1.14 bits per heavy atom. The largest absolute Gasteiger partial charge is 0.387 e. The van der Waals surface area contributed by atoms with E-state index in [4.69, 9.17) is 34.3 Å². The Kier molecular flexibility index (Phi) is 7.96. The van der Waals surface area contributed by atoms with Gasteiger partial charge in [-0.15, -0.1) is 5.10 Å². The predicted octanol–water partition coefficient (Wildman–Crippen LogP) is 1.96. The quantitative estimate of drug-likeness (QED) is 0.150. The van der Waals surface area contributed by atoms with E-state index in [1.54, 1.807) is 0 Å². The van der Waals surface area contributed by atoms with Crippen molar-refractivity contribution in [2.75, 3.05) is 24.7 Å². The fourth-order valence-electron chi connectivity index (χ4n) is 4.22. The van der Waals surface area contributed by atoms with Crippen LogP contribution in [-0.4, -0.2) is 70.9 Å². The number of thiol groups is 2. The van der Waals surface area contributed by atoms with Crippen LogP contribution < -0.4 is 17.0 Å². The fraction of sp³-hybridized carbons (Fsp3) is 0.444. The maximum absolute atomic E-state index is 15.8. The van der Waals surface area contributed by atoms with Gasteiger partial charge in [-0.05, 0) is 0 Å². The van der Waals surface area contributed by atoms with Gasteiger partial charge in [0.05, 0.1) is 37.2 Å². The molecule has 6 rings (SSSR count). The number of nitrogens with zero attached hydrogens (tertiary/aromatic N) is 7. The topological polar surface area (TPSA) is 239 Å². The Hall–Kier alpha value is -2.39. The minimum absolute atomic E-state index is 0.00491. The standard InChI is InChI=1S/C18H21FN10O8P2S3/c19-10-7-4-34-38(31,40)33-2-1-29-9(24-13(27-29)8-3-22-18(21)42-8)5-35-39(32,41)37-12(10)16(36-7)28-6-23-11-14(28)25-17(20)26-15(11)30/h3,6-7,10,12,16H,1-2,4-5H2,(H2,21,22)(H,31,40)(H,32,41)(H3,20,25,26,30)/t7-,10-,12-,16-,38?,39?/m1/s1. The van der Waals surface area contributed by atoms with E-state index < -0.39 is 57.0 Å². The average molecular weight is 683 g/mol. The molecule has 1 fully saturated rings. The molecule has 0 saturated carbocycles. The number of nitrogens with two attached hydrogens (primary N) is 2. The van der Waals surface area contributed by atoms with Crippen LogP contribution in [-0.2, 0) is 45.1 Å². The molecule has 4 aromatic rings. The van der Waals surface area contributed by atoms with Crippen LogP contribution in [0.1, 0.15) is 12.1 Å². The van der Waals surface area contributed by atoms with Crippen molar-refractivity contribution in [3.05, 3.63) is 28.7 Å². The normalized spacial score (nSPS) is 31.0. The van der Waals surface area contributed by atoms with E-state index in [9.17, 15) is 13.9 Å². The molecule has 1 saturated heterocycles. The summed E-state index contributed by atoms with van der Waals surface area (Å²) in [5.74, 6) is 0.141. The van der Waals surface area contributed by atoms with E-state index in [0.717, 1.165) is 17.7 Å². The zero-order chi connectivity index (χ0) is 29.8. The fourth-order valence-corrected chi connectivity index (χ4v) is 7.37. The summed E-state index contributed by atoms with van der Waals surface area (Å²) in [6.07, 6.45) is -3.93. The number of H-pyrrole nitrogens is 1. The van der Waals surface area contributed by atoms with Gasteiger partial charge in [-0.25, -0.2) is 33.2 Å². The van der Waals surface area contributed by atoms with E-state index in [-0.39, 0.29) is 41.9 Å². The summed E-state index contributed by atoms with van der Waals surface area (Å²) in [5.41, 5.74) is 10.5. The molecule has 0 aliphatic carbocycles. The molecule has 6 heterocycles. The number of anilines is 2. The van der Waals surface area contributed by atoms with Gasteiger partial charge >= 0.3 is 13.6 Å². The number of nitrogens with one attached hydrogen (secondary N) is 1. The summed E-state index contributed by atoms with van der Waals surface area (Å²) in [6, 6.07) is 0. The second-order valence-corrected chi connectivity index (χ2v) is 15.7. The van der Waals surface area contributed by atoms with Crippen molar-refractivity contribution >= 4 is 71.7 Å². The summed E-state index contributed by atoms with van der Waals surface area (Å²) >= 11 is 9.14. The van der Waals surface area contributed by atoms with Crippen molar-refractivity contribution in [3.63, 3.8) is 0 Å². The summed E-state index contributed by atoms with van der Waals surface area (Å²) in [6.45, 7) is -9.63. The molecule has 0 radical (unpaired) electrons. The molecule has 5 N–H and O–H groups in total. The molecule has 2 aliphatic heterocycles. The monoisotopic (exact) mass is 682 g/mol. The number of halogens is 1. The van der Waals surface area contributed by atoms with E-state index in [1.807, 2.05) is 0 Å². The van der Waals surface area contributed by atoms with Crippen LogP contribution in [0.25, 0.3) is 21.9 Å². The third-order valence-corrected chi connectivity index (χ3v) is 10.1. The van der Waals surface area contributed by atoms with Gasteiger partial charge in [-0.3, -0.25) is 32.4 Å². The molecule has 2 aliphatic rings. The second-order valence-electron chi connectivity index (χ2n) is 8.83. The maximum Gasteiger partial charge on any atom is 0.387 e. The van der Waals surface area contributed by atoms with Crippen LogP contribution in [0.15, 0.2) is 17.3 Å². The molecular weight excluding hydrogens is 661 g/mol. The molecule has 2 unspecified atom stereocenters. The molecule has 4 aromatic heterocycles. The Morgan fingerprint density at radius 3 is 2.71 bits per heavy atom. The number of hydrogen-bond donors (Lipinski definition) is 5. The van der Waals surface area contributed by atoms with Crippen molar-refractivity contribution < 1.29 is 36.4 Å². The minimum Gasteiger partial charge on any atom is -0.375 e. The first-order valence-electron chi connectivity index (χ1n) is 11.8. The third-order valence-electron chi connectivity index (χ3n) is 6.05. The number of aromatic nitrogens is 8. The summed E-state index contributed by atoms with van der Waals surface area (Å²) in [7, 11) is 0. The van der Waals surface area contributed by atoms with Gasteiger partial charge in [0.1, 0.15) is 18.8 Å². The van der Waals surface area contributed by atoms with E-state index in [1.165, 1.54) is 15.4 Å². The summed E-state index contributed by atoms with van der Waals surface area (Å²) in [4.78, 5) is 31.5. The molecule has 2 bridgehead atoms. The zero-order valence-corrected chi connectivity index (χ0v) is 25.3. The molecule has 6 atom stereocenters. The van der Waals surface area contributed by atoms with Gasteiger partial charge in [0, 0.05) is 0 Å². The first kappa shape index (κ1) is 29.7. The van der Waals surface area contributed by atoms with E-state index >= 15 is 4.39 Å². The number of alkyl halides is 1. The number of imidazole rings is 1. The summed E-state index contributed by atoms with van der Waals surface area (Å²) < 4.78 is 72.1.